The molecule has 0 amide bonds. The monoisotopic (exact) mass is 272 g/mol. The zero-order chi connectivity index (χ0) is 13.3. The minimum absolute atomic E-state index is 0.183. The van der Waals surface area contributed by atoms with Crippen molar-refractivity contribution in [3.05, 3.63) is 22.6 Å². The number of hydrogen-bond donors (Lipinski definition) is 0. The second-order valence-corrected chi connectivity index (χ2v) is 4.88. The smallest absolute Gasteiger partial charge is 0.367 e. The Hall–Kier alpha value is -1.76. The van der Waals surface area contributed by atoms with Crippen molar-refractivity contribution < 1.29 is 18.4 Å². The van der Waals surface area contributed by atoms with Crippen LogP contribution in [0.25, 0.3) is 6.08 Å². The van der Waals surface area contributed by atoms with Crippen LogP contribution in [0.4, 0.5) is 13.8 Å². The predicted octanol–water partition coefficient (Wildman–Crippen LogP) is 2.38. The van der Waals surface area contributed by atoms with E-state index >= 15 is 0 Å². The van der Waals surface area contributed by atoms with E-state index in [9.17, 15) is 13.6 Å². The summed E-state index contributed by atoms with van der Waals surface area (Å²) in [6, 6.07) is 3.60. The van der Waals surface area contributed by atoms with Crippen LogP contribution in [-0.2, 0) is 9.63 Å². The largest absolute Gasteiger partial charge is 0.370 e. The summed E-state index contributed by atoms with van der Waals surface area (Å²) < 4.78 is 25.2. The zero-order valence-electron chi connectivity index (χ0n) is 9.68. The van der Waals surface area contributed by atoms with E-state index in [1.165, 1.54) is 17.4 Å². The quantitative estimate of drug-likeness (QED) is 0.626. The molecule has 7 heteroatoms. The van der Waals surface area contributed by atoms with Crippen molar-refractivity contribution in [3.8, 4) is 0 Å². The lowest BCUT2D eigenvalue weighted by Gasteiger charge is -2.06. The highest BCUT2D eigenvalue weighted by atomic mass is 32.1. The minimum atomic E-state index is -2.82. The number of anilines is 1. The number of halogens is 2. The number of carbonyl (C=O) groups is 1. The van der Waals surface area contributed by atoms with Crippen molar-refractivity contribution >= 4 is 34.1 Å². The fourth-order valence-electron chi connectivity index (χ4n) is 1.39. The molecule has 2 heterocycles. The van der Waals surface area contributed by atoms with Crippen molar-refractivity contribution in [1.82, 2.24) is 0 Å². The summed E-state index contributed by atoms with van der Waals surface area (Å²) in [5.41, 5.74) is -0.794. The minimum Gasteiger partial charge on any atom is -0.370 e. The normalized spacial score (nSPS) is 17.3. The number of alkyl halides is 2. The molecule has 0 radical (unpaired) electrons. The van der Waals surface area contributed by atoms with E-state index in [0.29, 0.717) is 4.88 Å². The maximum Gasteiger partial charge on any atom is 0.367 e. The SMILES string of the molecule is CN(C)c1ccc(/C=C2/C(=O)ON=C2C(F)F)s1. The third-order valence-corrected chi connectivity index (χ3v) is 3.47. The molecule has 0 saturated carbocycles. The maximum absolute atomic E-state index is 12.6. The van der Waals surface area contributed by atoms with E-state index in [1.54, 1.807) is 6.07 Å². The first-order valence-corrected chi connectivity index (χ1v) is 5.87. The molecule has 4 nitrogen and oxygen atoms in total. The number of nitrogens with zero attached hydrogens (tertiary/aromatic N) is 2. The Morgan fingerprint density at radius 3 is 2.72 bits per heavy atom. The Kier molecular flexibility index (Phi) is 3.42. The molecule has 0 unspecified atom stereocenters. The van der Waals surface area contributed by atoms with Crippen molar-refractivity contribution in [2.75, 3.05) is 19.0 Å². The van der Waals surface area contributed by atoms with Gasteiger partial charge in [0, 0.05) is 19.0 Å². The van der Waals surface area contributed by atoms with Crippen LogP contribution in [-0.4, -0.2) is 32.2 Å². The lowest BCUT2D eigenvalue weighted by Crippen LogP contribution is -2.13. The molecule has 96 valence electrons. The number of oxime groups is 1. The Balaban J connectivity index is 2.31. The lowest BCUT2D eigenvalue weighted by atomic mass is 10.1. The summed E-state index contributed by atoms with van der Waals surface area (Å²) in [7, 11) is 3.75. The molecule has 0 spiro atoms. The zero-order valence-corrected chi connectivity index (χ0v) is 10.5. The van der Waals surface area contributed by atoms with Crippen LogP contribution in [0.1, 0.15) is 4.88 Å². The van der Waals surface area contributed by atoms with Gasteiger partial charge in [0.25, 0.3) is 6.43 Å². The molecule has 1 aromatic heterocycles. The summed E-state index contributed by atoms with van der Waals surface area (Å²) in [4.78, 5) is 18.1. The summed E-state index contributed by atoms with van der Waals surface area (Å²) in [5, 5.41) is 4.04. The van der Waals surface area contributed by atoms with Gasteiger partial charge in [-0.05, 0) is 18.2 Å². The average molecular weight is 272 g/mol. The van der Waals surface area contributed by atoms with E-state index in [2.05, 4.69) is 9.99 Å². The highest BCUT2D eigenvalue weighted by Gasteiger charge is 2.32. The van der Waals surface area contributed by atoms with E-state index in [4.69, 9.17) is 0 Å². The number of carbonyl (C=O) groups excluding carboxylic acids is 1. The molecule has 18 heavy (non-hydrogen) atoms. The first kappa shape index (κ1) is 12.7. The molecule has 1 aliphatic rings. The van der Waals surface area contributed by atoms with Gasteiger partial charge in [-0.3, -0.25) is 0 Å². The van der Waals surface area contributed by atoms with Crippen LogP contribution in [0, 0.1) is 0 Å². The van der Waals surface area contributed by atoms with Crippen LogP contribution < -0.4 is 4.90 Å². The molecule has 2 rings (SSSR count). The van der Waals surface area contributed by atoms with Crippen LogP contribution >= 0.6 is 11.3 Å². The van der Waals surface area contributed by atoms with Crippen LogP contribution in [0.3, 0.4) is 0 Å². The first-order valence-electron chi connectivity index (χ1n) is 5.05. The van der Waals surface area contributed by atoms with Crippen molar-refractivity contribution in [2.45, 2.75) is 6.43 Å². The van der Waals surface area contributed by atoms with Gasteiger partial charge in [-0.1, -0.05) is 5.16 Å². The molecule has 0 bridgehead atoms. The Labute approximate surface area is 106 Å². The van der Waals surface area contributed by atoms with Gasteiger partial charge in [0.1, 0.15) is 0 Å². The van der Waals surface area contributed by atoms with Crippen molar-refractivity contribution in [1.29, 1.82) is 0 Å². The Morgan fingerprint density at radius 1 is 1.44 bits per heavy atom. The highest BCUT2D eigenvalue weighted by Crippen LogP contribution is 2.28. The molecular formula is C11H10F2N2O2S. The third kappa shape index (κ3) is 2.40. The summed E-state index contributed by atoms with van der Waals surface area (Å²) in [5.74, 6) is -0.842. The fraction of sp³-hybridized carbons (Fsp3) is 0.273. The molecular weight excluding hydrogens is 262 g/mol. The molecule has 0 aliphatic carbocycles. The van der Waals surface area contributed by atoms with Gasteiger partial charge in [-0.25, -0.2) is 13.6 Å². The maximum atomic E-state index is 12.6. The molecule has 1 aromatic rings. The van der Waals surface area contributed by atoms with Gasteiger partial charge in [-0.2, -0.15) is 0 Å². The van der Waals surface area contributed by atoms with E-state index < -0.39 is 18.1 Å². The van der Waals surface area contributed by atoms with Gasteiger partial charge in [0.05, 0.1) is 10.6 Å². The summed E-state index contributed by atoms with van der Waals surface area (Å²) in [6.07, 6.45) is -1.45. The van der Waals surface area contributed by atoms with Crippen molar-refractivity contribution in [2.24, 2.45) is 5.16 Å². The molecule has 0 N–H and O–H groups in total. The van der Waals surface area contributed by atoms with E-state index in [0.717, 1.165) is 5.00 Å². The van der Waals surface area contributed by atoms with Crippen LogP contribution in [0.2, 0.25) is 0 Å². The van der Waals surface area contributed by atoms with Gasteiger partial charge >= 0.3 is 5.97 Å². The van der Waals surface area contributed by atoms with E-state index in [1.807, 2.05) is 25.1 Å². The number of hydrogen-bond acceptors (Lipinski definition) is 5. The standard InChI is InChI=1S/C11H10F2N2O2S/c1-15(2)8-4-3-6(18-8)5-7-9(10(12)13)14-17-11(7)16/h3-5,10H,1-2H3/b7-5+. The molecule has 0 fully saturated rings. The fourth-order valence-corrected chi connectivity index (χ4v) is 2.26. The number of rotatable bonds is 3. The second kappa shape index (κ2) is 4.85. The summed E-state index contributed by atoms with van der Waals surface area (Å²) >= 11 is 1.39. The molecule has 0 aromatic carbocycles. The molecule has 0 saturated heterocycles. The van der Waals surface area contributed by atoms with Crippen LogP contribution in [0.5, 0.6) is 0 Å². The highest BCUT2D eigenvalue weighted by molar-refractivity contribution is 7.17. The van der Waals surface area contributed by atoms with Gasteiger partial charge < -0.3 is 9.74 Å². The third-order valence-electron chi connectivity index (χ3n) is 2.27. The predicted molar refractivity (Wildman–Crippen MR) is 66.2 cm³/mol. The average Bonchev–Trinajstić information content (AvgIpc) is 2.88. The van der Waals surface area contributed by atoms with Crippen LogP contribution in [0.15, 0.2) is 22.9 Å². The molecule has 0 atom stereocenters. The van der Waals surface area contributed by atoms with Crippen molar-refractivity contribution in [3.63, 3.8) is 0 Å². The lowest BCUT2D eigenvalue weighted by molar-refractivity contribution is -0.136. The Bertz CT molecular complexity index is 535. The van der Waals surface area contributed by atoms with E-state index in [-0.39, 0.29) is 5.57 Å². The van der Waals surface area contributed by atoms with Gasteiger partial charge in [0.15, 0.2) is 5.71 Å². The molecule has 1 aliphatic heterocycles. The topological polar surface area (TPSA) is 41.9 Å². The van der Waals surface area contributed by atoms with Gasteiger partial charge in [0.2, 0.25) is 0 Å². The van der Waals surface area contributed by atoms with Gasteiger partial charge in [-0.15, -0.1) is 11.3 Å². The number of thiophene rings is 1. The second-order valence-electron chi connectivity index (χ2n) is 3.78. The summed E-state index contributed by atoms with van der Waals surface area (Å²) in [6.45, 7) is 0. The first-order chi connectivity index (χ1) is 8.49. The Morgan fingerprint density at radius 2 is 2.17 bits per heavy atom.